The number of methoxy groups -OCH3 is 1. The number of phenols is 4. The Bertz CT molecular complexity index is 1320. The fraction of sp³-hybridized carbons (Fsp3) is 0.318. The molecular formula is C22H22O13. The van der Waals surface area contributed by atoms with Gasteiger partial charge in [-0.15, -0.1) is 0 Å². The van der Waals surface area contributed by atoms with Gasteiger partial charge < -0.3 is 59.5 Å². The zero-order valence-corrected chi connectivity index (χ0v) is 18.0. The number of aliphatic hydroxyl groups excluding tert-OH is 4. The molecule has 2 aromatic carbocycles. The first-order chi connectivity index (χ1) is 16.6. The molecule has 188 valence electrons. The summed E-state index contributed by atoms with van der Waals surface area (Å²) in [5.74, 6) is -3.87. The fourth-order valence-electron chi connectivity index (χ4n) is 3.73. The van der Waals surface area contributed by atoms with E-state index in [1.165, 1.54) is 6.07 Å². The first kappa shape index (κ1) is 24.4. The third-order valence-corrected chi connectivity index (χ3v) is 5.57. The zero-order chi connectivity index (χ0) is 25.6. The summed E-state index contributed by atoms with van der Waals surface area (Å²) in [6.07, 6.45) is -8.53. The molecule has 13 nitrogen and oxygen atoms in total. The number of aromatic hydroxyl groups is 4. The van der Waals surface area contributed by atoms with Gasteiger partial charge >= 0.3 is 0 Å². The highest BCUT2D eigenvalue weighted by Gasteiger charge is 2.45. The minimum Gasteiger partial charge on any atom is -0.504 e. The molecule has 1 saturated heterocycles. The van der Waals surface area contributed by atoms with Gasteiger partial charge in [-0.2, -0.15) is 0 Å². The van der Waals surface area contributed by atoms with Crippen LogP contribution < -0.4 is 14.9 Å². The van der Waals surface area contributed by atoms with Crippen LogP contribution in [0.3, 0.4) is 0 Å². The number of rotatable bonds is 5. The van der Waals surface area contributed by atoms with Crippen molar-refractivity contribution >= 4 is 11.0 Å². The first-order valence-electron chi connectivity index (χ1n) is 10.2. The molecule has 0 unspecified atom stereocenters. The van der Waals surface area contributed by atoms with Gasteiger partial charge in [0, 0.05) is 11.6 Å². The molecule has 1 fully saturated rings. The molecule has 0 saturated carbocycles. The molecule has 1 aliphatic rings. The molecular weight excluding hydrogens is 472 g/mol. The third-order valence-electron chi connectivity index (χ3n) is 5.57. The molecule has 0 amide bonds. The van der Waals surface area contributed by atoms with E-state index in [-0.39, 0.29) is 16.9 Å². The van der Waals surface area contributed by atoms with Crippen LogP contribution in [-0.2, 0) is 4.74 Å². The molecule has 2 heterocycles. The summed E-state index contributed by atoms with van der Waals surface area (Å²) < 4.78 is 21.5. The second kappa shape index (κ2) is 9.13. The van der Waals surface area contributed by atoms with Crippen LogP contribution in [0.4, 0.5) is 0 Å². The van der Waals surface area contributed by atoms with Crippen molar-refractivity contribution in [1.82, 2.24) is 0 Å². The Kier molecular flexibility index (Phi) is 6.36. The number of fused-ring (bicyclic) bond motifs is 1. The van der Waals surface area contributed by atoms with Crippen LogP contribution in [0.5, 0.6) is 34.5 Å². The van der Waals surface area contributed by atoms with E-state index in [9.17, 15) is 45.6 Å². The van der Waals surface area contributed by atoms with Crippen molar-refractivity contribution in [3.63, 3.8) is 0 Å². The van der Waals surface area contributed by atoms with Crippen molar-refractivity contribution in [2.75, 3.05) is 13.7 Å². The maximum Gasteiger partial charge on any atom is 0.239 e. The Labute approximate surface area is 195 Å². The average Bonchev–Trinajstić information content (AvgIpc) is 2.82. The predicted molar refractivity (Wildman–Crippen MR) is 116 cm³/mol. The summed E-state index contributed by atoms with van der Waals surface area (Å²) in [5, 5.41) is 79.6. The highest BCUT2D eigenvalue weighted by atomic mass is 16.7. The van der Waals surface area contributed by atoms with E-state index in [2.05, 4.69) is 0 Å². The lowest BCUT2D eigenvalue weighted by Gasteiger charge is -2.39. The number of phenolic OH excluding ortho intramolecular Hbond substituents is 4. The molecule has 0 spiro atoms. The second-order valence-corrected chi connectivity index (χ2v) is 7.76. The standard InChI is InChI=1S/C22H22O13/c1-32-20-10(26)5-11-13(15(20)28)16(29)21(19(33-11)7-2-3-8(24)9(25)4-7)35-22-18(31)17(30)14(27)12(6-23)34-22/h2-5,12,14,17-18,22-28,30-31H,6H2,1H3/t12-,14-,17-,18-,22-/m0/s1. The molecule has 1 aromatic heterocycles. The van der Waals surface area contributed by atoms with Gasteiger partial charge in [0.2, 0.25) is 23.2 Å². The Morgan fingerprint density at radius 1 is 0.914 bits per heavy atom. The average molecular weight is 494 g/mol. The van der Waals surface area contributed by atoms with Crippen molar-refractivity contribution in [2.24, 2.45) is 0 Å². The SMILES string of the molecule is COc1c(O)cc2oc(-c3ccc(O)c(O)c3)c(O[C@@H]3O[C@@H](CO)[C@H](O)[C@H](O)[C@@H]3O)c(=O)c2c1O. The molecule has 13 heteroatoms. The third kappa shape index (κ3) is 4.05. The van der Waals surface area contributed by atoms with Crippen LogP contribution in [0, 0.1) is 0 Å². The van der Waals surface area contributed by atoms with Gasteiger partial charge in [-0.25, -0.2) is 0 Å². The molecule has 8 N–H and O–H groups in total. The van der Waals surface area contributed by atoms with Crippen LogP contribution >= 0.6 is 0 Å². The Morgan fingerprint density at radius 3 is 2.26 bits per heavy atom. The van der Waals surface area contributed by atoms with Gasteiger partial charge in [-0.05, 0) is 18.2 Å². The Hall–Kier alpha value is -3.75. The lowest BCUT2D eigenvalue weighted by atomic mass is 9.99. The van der Waals surface area contributed by atoms with E-state index in [0.29, 0.717) is 0 Å². The summed E-state index contributed by atoms with van der Waals surface area (Å²) in [6, 6.07) is 4.37. The van der Waals surface area contributed by atoms with Gasteiger partial charge in [-0.3, -0.25) is 4.79 Å². The minimum absolute atomic E-state index is 0.00584. The van der Waals surface area contributed by atoms with Crippen molar-refractivity contribution in [3.8, 4) is 45.8 Å². The van der Waals surface area contributed by atoms with Crippen molar-refractivity contribution < 1.29 is 59.5 Å². The van der Waals surface area contributed by atoms with Gasteiger partial charge in [0.05, 0.1) is 13.7 Å². The molecule has 1 aliphatic heterocycles. The molecule has 4 rings (SSSR count). The molecule has 35 heavy (non-hydrogen) atoms. The van der Waals surface area contributed by atoms with E-state index in [0.717, 1.165) is 25.3 Å². The Balaban J connectivity index is 1.95. The van der Waals surface area contributed by atoms with E-state index in [1.54, 1.807) is 0 Å². The topological polar surface area (TPSA) is 220 Å². The van der Waals surface area contributed by atoms with Gasteiger partial charge in [0.25, 0.3) is 0 Å². The highest BCUT2D eigenvalue weighted by Crippen LogP contribution is 2.44. The maximum absolute atomic E-state index is 13.5. The summed E-state index contributed by atoms with van der Waals surface area (Å²) in [5.41, 5.74) is -1.34. The first-order valence-corrected chi connectivity index (χ1v) is 10.2. The van der Waals surface area contributed by atoms with Crippen LogP contribution in [-0.4, -0.2) is 85.3 Å². The second-order valence-electron chi connectivity index (χ2n) is 7.76. The quantitative estimate of drug-likeness (QED) is 0.209. The van der Waals surface area contributed by atoms with E-state index >= 15 is 0 Å². The largest absolute Gasteiger partial charge is 0.504 e. The van der Waals surface area contributed by atoms with Gasteiger partial charge in [0.15, 0.2) is 28.8 Å². The summed E-state index contributed by atoms with van der Waals surface area (Å²) in [6.45, 7) is -0.757. The van der Waals surface area contributed by atoms with Gasteiger partial charge in [0.1, 0.15) is 35.4 Å². The molecule has 3 aromatic rings. The van der Waals surface area contributed by atoms with E-state index < -0.39 is 82.6 Å². The van der Waals surface area contributed by atoms with Crippen LogP contribution in [0.25, 0.3) is 22.3 Å². The van der Waals surface area contributed by atoms with Crippen LogP contribution in [0.2, 0.25) is 0 Å². The summed E-state index contributed by atoms with van der Waals surface area (Å²) in [7, 11) is 1.14. The summed E-state index contributed by atoms with van der Waals surface area (Å²) >= 11 is 0. The van der Waals surface area contributed by atoms with Crippen LogP contribution in [0.1, 0.15) is 0 Å². The number of ether oxygens (including phenoxy) is 3. The molecule has 0 bridgehead atoms. The smallest absolute Gasteiger partial charge is 0.239 e. The van der Waals surface area contributed by atoms with Gasteiger partial charge in [-0.1, -0.05) is 0 Å². The lowest BCUT2D eigenvalue weighted by molar-refractivity contribution is -0.277. The maximum atomic E-state index is 13.5. The monoisotopic (exact) mass is 494 g/mol. The van der Waals surface area contributed by atoms with Crippen molar-refractivity contribution in [1.29, 1.82) is 0 Å². The number of hydrogen-bond acceptors (Lipinski definition) is 13. The van der Waals surface area contributed by atoms with Crippen LogP contribution in [0.15, 0.2) is 33.5 Å². The van der Waals surface area contributed by atoms with E-state index in [4.69, 9.17) is 18.6 Å². The number of hydrogen-bond donors (Lipinski definition) is 8. The minimum atomic E-state index is -1.88. The Morgan fingerprint density at radius 2 is 1.63 bits per heavy atom. The normalized spacial score (nSPS) is 24.4. The molecule has 0 radical (unpaired) electrons. The molecule has 0 aliphatic carbocycles. The lowest BCUT2D eigenvalue weighted by Crippen LogP contribution is -2.60. The summed E-state index contributed by atoms with van der Waals surface area (Å²) in [4.78, 5) is 13.5. The zero-order valence-electron chi connectivity index (χ0n) is 18.0. The highest BCUT2D eigenvalue weighted by molar-refractivity contribution is 5.91. The fourth-order valence-corrected chi connectivity index (χ4v) is 3.73. The predicted octanol–water partition coefficient (Wildman–Crippen LogP) is -0.530. The van der Waals surface area contributed by atoms with Crippen molar-refractivity contribution in [3.05, 3.63) is 34.5 Å². The number of aliphatic hydroxyl groups is 4. The molecule has 5 atom stereocenters. The number of benzene rings is 2. The van der Waals surface area contributed by atoms with Crippen molar-refractivity contribution in [2.45, 2.75) is 30.7 Å². The van der Waals surface area contributed by atoms with E-state index in [1.807, 2.05) is 0 Å².